The van der Waals surface area contributed by atoms with E-state index in [1.54, 1.807) is 12.1 Å². The zero-order chi connectivity index (χ0) is 13.9. The van der Waals surface area contributed by atoms with Crippen LogP contribution in [-0.4, -0.2) is 4.98 Å². The molecule has 2 aromatic carbocycles. The number of nitrogens with zero attached hydrogens (tertiary/aromatic N) is 1. The zero-order valence-electron chi connectivity index (χ0n) is 10.7. The minimum absolute atomic E-state index is 0.260. The molecule has 0 atom stereocenters. The van der Waals surface area contributed by atoms with Crippen molar-refractivity contribution in [3.63, 3.8) is 0 Å². The van der Waals surface area contributed by atoms with Gasteiger partial charge in [0.15, 0.2) is 0 Å². The summed E-state index contributed by atoms with van der Waals surface area (Å²) in [4.78, 5) is 5.50. The first-order valence-electron chi connectivity index (χ1n) is 6.29. The van der Waals surface area contributed by atoms with Crippen LogP contribution in [0, 0.1) is 5.82 Å². The Hall–Kier alpha value is -2.04. The predicted molar refractivity (Wildman–Crippen MR) is 80.8 cm³/mol. The van der Waals surface area contributed by atoms with Crippen LogP contribution >= 0.6 is 11.3 Å². The van der Waals surface area contributed by atoms with E-state index < -0.39 is 0 Å². The third kappa shape index (κ3) is 2.35. The fourth-order valence-electron chi connectivity index (χ4n) is 2.06. The summed E-state index contributed by atoms with van der Waals surface area (Å²) in [5.74, 6) is -0.260. The van der Waals surface area contributed by atoms with Crippen molar-refractivity contribution >= 4 is 11.3 Å². The largest absolute Gasteiger partial charge is 0.325 e. The van der Waals surface area contributed by atoms with Crippen molar-refractivity contribution in [1.29, 1.82) is 0 Å². The lowest BCUT2D eigenvalue weighted by molar-refractivity contribution is 0.631. The van der Waals surface area contributed by atoms with Gasteiger partial charge in [-0.2, -0.15) is 0 Å². The lowest BCUT2D eigenvalue weighted by Gasteiger charge is -1.98. The molecule has 3 rings (SSSR count). The van der Waals surface area contributed by atoms with E-state index in [4.69, 9.17) is 5.73 Å². The van der Waals surface area contributed by atoms with Gasteiger partial charge in [0, 0.05) is 12.1 Å². The van der Waals surface area contributed by atoms with Crippen molar-refractivity contribution < 1.29 is 4.39 Å². The van der Waals surface area contributed by atoms with E-state index in [1.807, 2.05) is 36.4 Å². The van der Waals surface area contributed by atoms with Crippen molar-refractivity contribution in [1.82, 2.24) is 4.98 Å². The molecular weight excluding hydrogens is 271 g/mol. The molecule has 2 nitrogen and oxygen atoms in total. The highest BCUT2D eigenvalue weighted by molar-refractivity contribution is 7.18. The van der Waals surface area contributed by atoms with Gasteiger partial charge in [0.25, 0.3) is 0 Å². The summed E-state index contributed by atoms with van der Waals surface area (Å²) in [6.07, 6.45) is 0. The highest BCUT2D eigenvalue weighted by atomic mass is 32.1. The minimum Gasteiger partial charge on any atom is -0.325 e. The molecule has 4 heteroatoms. The van der Waals surface area contributed by atoms with Gasteiger partial charge in [0.05, 0.1) is 10.6 Å². The Morgan fingerprint density at radius 3 is 2.40 bits per heavy atom. The molecule has 0 aliphatic carbocycles. The summed E-state index contributed by atoms with van der Waals surface area (Å²) in [5, 5.41) is 0.669. The quantitative estimate of drug-likeness (QED) is 0.787. The van der Waals surface area contributed by atoms with Crippen LogP contribution in [-0.2, 0) is 6.54 Å². The van der Waals surface area contributed by atoms with E-state index in [2.05, 4.69) is 4.98 Å². The topological polar surface area (TPSA) is 38.9 Å². The fourth-order valence-corrected chi connectivity index (χ4v) is 3.18. The number of rotatable bonds is 3. The van der Waals surface area contributed by atoms with Gasteiger partial charge in [-0.3, -0.25) is 0 Å². The molecule has 0 aliphatic heterocycles. The monoisotopic (exact) mass is 284 g/mol. The second-order valence-electron chi connectivity index (χ2n) is 4.34. The van der Waals surface area contributed by atoms with Gasteiger partial charge in [-0.15, -0.1) is 11.3 Å². The standard InChI is InChI=1S/C16H13FN2S/c17-13-9-5-4-8-12(13)16-19-14(10-18)15(20-16)11-6-2-1-3-7-11/h1-9H,10,18H2. The van der Waals surface area contributed by atoms with Crippen LogP contribution in [0.2, 0.25) is 0 Å². The number of thiazole rings is 1. The van der Waals surface area contributed by atoms with Crippen molar-refractivity contribution in [3.8, 4) is 21.0 Å². The zero-order valence-corrected chi connectivity index (χ0v) is 11.5. The molecule has 0 radical (unpaired) electrons. The molecule has 2 N–H and O–H groups in total. The predicted octanol–water partition coefficient (Wildman–Crippen LogP) is 4.07. The van der Waals surface area contributed by atoms with E-state index in [9.17, 15) is 4.39 Å². The normalized spacial score (nSPS) is 10.7. The maximum Gasteiger partial charge on any atom is 0.133 e. The lowest BCUT2D eigenvalue weighted by Crippen LogP contribution is -1.98. The van der Waals surface area contributed by atoms with Crippen LogP contribution in [0.3, 0.4) is 0 Å². The molecule has 1 aromatic heterocycles. The SMILES string of the molecule is NCc1nc(-c2ccccc2F)sc1-c1ccccc1. The molecule has 1 heterocycles. The summed E-state index contributed by atoms with van der Waals surface area (Å²) < 4.78 is 13.9. The van der Waals surface area contributed by atoms with Gasteiger partial charge in [-0.25, -0.2) is 9.37 Å². The van der Waals surface area contributed by atoms with E-state index >= 15 is 0 Å². The Kier molecular flexibility index (Phi) is 3.58. The third-order valence-electron chi connectivity index (χ3n) is 3.03. The highest BCUT2D eigenvalue weighted by Crippen LogP contribution is 2.36. The van der Waals surface area contributed by atoms with E-state index in [0.29, 0.717) is 17.1 Å². The van der Waals surface area contributed by atoms with Crippen LogP contribution in [0.4, 0.5) is 4.39 Å². The summed E-state index contributed by atoms with van der Waals surface area (Å²) in [7, 11) is 0. The molecule has 0 amide bonds. The second kappa shape index (κ2) is 5.53. The molecule has 0 spiro atoms. The van der Waals surface area contributed by atoms with Gasteiger partial charge in [-0.05, 0) is 17.7 Å². The van der Waals surface area contributed by atoms with Crippen molar-refractivity contribution in [2.45, 2.75) is 6.54 Å². The van der Waals surface area contributed by atoms with Crippen LogP contribution in [0.1, 0.15) is 5.69 Å². The van der Waals surface area contributed by atoms with Gasteiger partial charge in [0.2, 0.25) is 0 Å². The van der Waals surface area contributed by atoms with Crippen LogP contribution in [0.25, 0.3) is 21.0 Å². The van der Waals surface area contributed by atoms with Gasteiger partial charge in [0.1, 0.15) is 10.8 Å². The molecule has 3 aromatic rings. The van der Waals surface area contributed by atoms with Crippen LogP contribution in [0.15, 0.2) is 54.6 Å². The molecule has 20 heavy (non-hydrogen) atoms. The van der Waals surface area contributed by atoms with Crippen molar-refractivity contribution in [3.05, 3.63) is 66.1 Å². The average Bonchev–Trinajstić information content (AvgIpc) is 2.92. The first kappa shape index (κ1) is 13.0. The number of hydrogen-bond donors (Lipinski definition) is 1. The Balaban J connectivity index is 2.13. The number of aromatic nitrogens is 1. The minimum atomic E-state index is -0.260. The molecule has 0 fully saturated rings. The summed E-state index contributed by atoms with van der Waals surface area (Å²) in [5.41, 5.74) is 8.16. The number of nitrogens with two attached hydrogens (primary N) is 1. The van der Waals surface area contributed by atoms with Crippen molar-refractivity contribution in [2.75, 3.05) is 0 Å². The van der Waals surface area contributed by atoms with E-state index in [0.717, 1.165) is 16.1 Å². The molecule has 0 unspecified atom stereocenters. The van der Waals surface area contributed by atoms with Gasteiger partial charge >= 0.3 is 0 Å². The van der Waals surface area contributed by atoms with Crippen LogP contribution in [0.5, 0.6) is 0 Å². The fraction of sp³-hybridized carbons (Fsp3) is 0.0625. The Bertz CT molecular complexity index is 722. The number of halogens is 1. The third-order valence-corrected chi connectivity index (χ3v) is 4.21. The molecule has 0 saturated heterocycles. The summed E-state index contributed by atoms with van der Waals surface area (Å²) in [6, 6.07) is 16.6. The number of hydrogen-bond acceptors (Lipinski definition) is 3. The Morgan fingerprint density at radius 2 is 1.70 bits per heavy atom. The Labute approximate surface area is 120 Å². The molecule has 0 saturated carbocycles. The number of benzene rings is 2. The van der Waals surface area contributed by atoms with Crippen LogP contribution < -0.4 is 5.73 Å². The molecule has 100 valence electrons. The van der Waals surface area contributed by atoms with E-state index in [1.165, 1.54) is 17.4 Å². The molecule has 0 aliphatic rings. The Morgan fingerprint density at radius 1 is 1.00 bits per heavy atom. The van der Waals surface area contributed by atoms with E-state index in [-0.39, 0.29) is 5.82 Å². The average molecular weight is 284 g/mol. The lowest BCUT2D eigenvalue weighted by atomic mass is 10.1. The van der Waals surface area contributed by atoms with Gasteiger partial charge < -0.3 is 5.73 Å². The first-order valence-corrected chi connectivity index (χ1v) is 7.11. The molecule has 0 bridgehead atoms. The first-order chi connectivity index (χ1) is 9.79. The smallest absolute Gasteiger partial charge is 0.133 e. The summed E-state index contributed by atoms with van der Waals surface area (Å²) in [6.45, 7) is 0.342. The van der Waals surface area contributed by atoms with Gasteiger partial charge in [-0.1, -0.05) is 42.5 Å². The second-order valence-corrected chi connectivity index (χ2v) is 5.34. The molecular formula is C16H13FN2S. The maximum atomic E-state index is 13.9. The highest BCUT2D eigenvalue weighted by Gasteiger charge is 2.15. The maximum absolute atomic E-state index is 13.9. The van der Waals surface area contributed by atoms with Crippen molar-refractivity contribution in [2.24, 2.45) is 5.73 Å². The summed E-state index contributed by atoms with van der Waals surface area (Å²) >= 11 is 1.47.